The van der Waals surface area contributed by atoms with Crippen molar-refractivity contribution in [2.24, 2.45) is 7.05 Å². The van der Waals surface area contributed by atoms with Gasteiger partial charge in [0.1, 0.15) is 12.2 Å². The third-order valence-corrected chi connectivity index (χ3v) is 4.69. The minimum atomic E-state index is -4.50. The zero-order valence-electron chi connectivity index (χ0n) is 17.2. The van der Waals surface area contributed by atoms with Crippen LogP contribution in [0.1, 0.15) is 10.4 Å². The van der Waals surface area contributed by atoms with E-state index in [0.717, 1.165) is 0 Å². The van der Waals surface area contributed by atoms with Crippen LogP contribution in [0.2, 0.25) is 0 Å². The number of alkyl halides is 3. The zero-order valence-corrected chi connectivity index (χ0v) is 17.2. The summed E-state index contributed by atoms with van der Waals surface area (Å²) < 4.78 is 40.2. The first-order valence-corrected chi connectivity index (χ1v) is 9.67. The number of halogens is 3. The fraction of sp³-hybridized carbons (Fsp3) is 0.143. The highest BCUT2D eigenvalue weighted by Crippen LogP contribution is 2.24. The lowest BCUT2D eigenvalue weighted by Gasteiger charge is -2.11. The molecular formula is C21H18F3N7O2. The maximum atomic E-state index is 12.5. The molecule has 0 radical (unpaired) electrons. The van der Waals surface area contributed by atoms with Gasteiger partial charge in [0.25, 0.3) is 5.91 Å². The minimum absolute atomic E-state index is 0.313. The van der Waals surface area contributed by atoms with Crippen LogP contribution in [0.15, 0.2) is 61.2 Å². The number of anilines is 2. The normalized spacial score (nSPS) is 11.4. The number of urea groups is 1. The molecule has 1 aromatic carbocycles. The van der Waals surface area contributed by atoms with Crippen LogP contribution >= 0.6 is 0 Å². The molecule has 170 valence electrons. The largest absolute Gasteiger partial charge is 0.405 e. The van der Waals surface area contributed by atoms with Crippen molar-refractivity contribution in [2.75, 3.05) is 17.2 Å². The highest BCUT2D eigenvalue weighted by Gasteiger charge is 2.27. The maximum absolute atomic E-state index is 12.5. The molecule has 0 saturated carbocycles. The molecular weight excluding hydrogens is 439 g/mol. The number of fused-ring (bicyclic) bond motifs is 1. The lowest BCUT2D eigenvalue weighted by Crippen LogP contribution is -2.36. The van der Waals surface area contributed by atoms with Gasteiger partial charge in [0.2, 0.25) is 5.95 Å². The molecule has 0 aliphatic rings. The molecule has 0 saturated heterocycles. The second kappa shape index (κ2) is 8.65. The van der Waals surface area contributed by atoms with Crippen molar-refractivity contribution in [3.63, 3.8) is 0 Å². The van der Waals surface area contributed by atoms with Crippen LogP contribution in [0, 0.1) is 0 Å². The van der Waals surface area contributed by atoms with Crippen molar-refractivity contribution in [2.45, 2.75) is 6.18 Å². The number of benzene rings is 1. The van der Waals surface area contributed by atoms with Crippen LogP contribution in [0.4, 0.5) is 29.6 Å². The van der Waals surface area contributed by atoms with Crippen molar-refractivity contribution in [1.29, 1.82) is 0 Å². The number of hydrogen-bond donors (Lipinski definition) is 3. The Morgan fingerprint density at radius 1 is 1.06 bits per heavy atom. The van der Waals surface area contributed by atoms with Crippen LogP contribution in [0.3, 0.4) is 0 Å². The Bertz CT molecular complexity index is 1330. The number of pyridine rings is 1. The second-order valence-corrected chi connectivity index (χ2v) is 7.11. The van der Waals surface area contributed by atoms with Gasteiger partial charge in [-0.1, -0.05) is 12.1 Å². The molecule has 3 amide bonds. The van der Waals surface area contributed by atoms with Crippen LogP contribution in [-0.2, 0) is 7.05 Å². The van der Waals surface area contributed by atoms with Crippen molar-refractivity contribution < 1.29 is 22.8 Å². The van der Waals surface area contributed by atoms with Crippen molar-refractivity contribution in [1.82, 2.24) is 24.3 Å². The number of amides is 3. The van der Waals surface area contributed by atoms with E-state index >= 15 is 0 Å². The molecule has 9 nitrogen and oxygen atoms in total. The Labute approximate surface area is 185 Å². The summed E-state index contributed by atoms with van der Waals surface area (Å²) in [4.78, 5) is 32.6. The lowest BCUT2D eigenvalue weighted by molar-refractivity contribution is -0.122. The van der Waals surface area contributed by atoms with Gasteiger partial charge in [0, 0.05) is 42.5 Å². The number of carbonyl (C=O) groups is 2. The highest BCUT2D eigenvalue weighted by atomic mass is 19.4. The van der Waals surface area contributed by atoms with Gasteiger partial charge in [-0.15, -0.1) is 0 Å². The fourth-order valence-corrected chi connectivity index (χ4v) is 3.11. The van der Waals surface area contributed by atoms with Gasteiger partial charge < -0.3 is 15.2 Å². The smallest absolute Gasteiger partial charge is 0.329 e. The van der Waals surface area contributed by atoms with Crippen molar-refractivity contribution in [3.05, 3.63) is 66.7 Å². The average Bonchev–Trinajstić information content (AvgIpc) is 3.37. The van der Waals surface area contributed by atoms with Gasteiger partial charge in [0.05, 0.1) is 11.9 Å². The predicted molar refractivity (Wildman–Crippen MR) is 115 cm³/mol. The van der Waals surface area contributed by atoms with E-state index in [-0.39, 0.29) is 5.91 Å². The number of rotatable bonds is 5. The van der Waals surface area contributed by atoms with E-state index in [1.165, 1.54) is 0 Å². The Hall–Kier alpha value is -4.35. The standard InChI is InChI=1S/C21H18F3N7O2/c1-30-8-6-25-19(30)29-18(32)14-5-7-31-16(11-26-17(31)10-14)13-3-2-4-15(9-13)28-20(33)27-12-21(22,23)24/h2-11H,12H2,1H3,(H,25,29,32)(H2,27,28,33). The molecule has 33 heavy (non-hydrogen) atoms. The van der Waals surface area contributed by atoms with E-state index in [9.17, 15) is 22.8 Å². The van der Waals surface area contributed by atoms with Crippen molar-refractivity contribution in [3.8, 4) is 11.3 Å². The van der Waals surface area contributed by atoms with E-state index in [4.69, 9.17) is 0 Å². The Balaban J connectivity index is 1.52. The molecule has 4 rings (SSSR count). The quantitative estimate of drug-likeness (QED) is 0.425. The first kappa shape index (κ1) is 21.9. The molecule has 0 spiro atoms. The number of carbonyl (C=O) groups excluding carboxylic acids is 2. The molecule has 0 bridgehead atoms. The van der Waals surface area contributed by atoms with Gasteiger partial charge in [0.15, 0.2) is 0 Å². The summed E-state index contributed by atoms with van der Waals surface area (Å²) in [6, 6.07) is 8.87. The van der Waals surface area contributed by atoms with E-state index in [0.29, 0.717) is 34.1 Å². The topological polar surface area (TPSA) is 105 Å². The van der Waals surface area contributed by atoms with Gasteiger partial charge in [-0.3, -0.25) is 14.5 Å². The van der Waals surface area contributed by atoms with E-state index in [2.05, 4.69) is 20.6 Å². The van der Waals surface area contributed by atoms with Crippen LogP contribution in [0.25, 0.3) is 16.9 Å². The third kappa shape index (κ3) is 5.11. The van der Waals surface area contributed by atoms with Gasteiger partial charge >= 0.3 is 12.2 Å². The zero-order chi connectivity index (χ0) is 23.6. The molecule has 0 unspecified atom stereocenters. The molecule has 3 heterocycles. The summed E-state index contributed by atoms with van der Waals surface area (Å²) in [5.41, 5.74) is 2.55. The SMILES string of the molecule is Cn1ccnc1NC(=O)c1ccn2c(-c3cccc(NC(=O)NCC(F)(F)F)c3)cnc2c1. The molecule has 3 aromatic heterocycles. The Morgan fingerprint density at radius 3 is 2.61 bits per heavy atom. The van der Waals surface area contributed by atoms with E-state index < -0.39 is 18.8 Å². The van der Waals surface area contributed by atoms with Crippen LogP contribution < -0.4 is 16.0 Å². The summed E-state index contributed by atoms with van der Waals surface area (Å²) in [5, 5.41) is 6.84. The molecule has 3 N–H and O–H groups in total. The number of aromatic nitrogens is 4. The first-order chi connectivity index (χ1) is 15.7. The summed E-state index contributed by atoms with van der Waals surface area (Å²) >= 11 is 0. The highest BCUT2D eigenvalue weighted by molar-refractivity contribution is 6.04. The summed E-state index contributed by atoms with van der Waals surface area (Å²) in [7, 11) is 1.76. The van der Waals surface area contributed by atoms with Crippen LogP contribution in [-0.4, -0.2) is 43.6 Å². The number of imidazole rings is 2. The molecule has 0 aliphatic carbocycles. The van der Waals surface area contributed by atoms with Crippen LogP contribution in [0.5, 0.6) is 0 Å². The molecule has 4 aromatic rings. The predicted octanol–water partition coefficient (Wildman–Crippen LogP) is 3.67. The number of hydrogen-bond acceptors (Lipinski definition) is 4. The Morgan fingerprint density at radius 2 is 1.88 bits per heavy atom. The summed E-state index contributed by atoms with van der Waals surface area (Å²) in [5.74, 6) is 0.0694. The fourth-order valence-electron chi connectivity index (χ4n) is 3.11. The molecule has 12 heteroatoms. The summed E-state index contributed by atoms with van der Waals surface area (Å²) in [6.07, 6.45) is 2.06. The number of aryl methyl sites for hydroxylation is 1. The maximum Gasteiger partial charge on any atom is 0.405 e. The number of nitrogens with zero attached hydrogens (tertiary/aromatic N) is 4. The molecule has 0 fully saturated rings. The van der Waals surface area contributed by atoms with Gasteiger partial charge in [-0.2, -0.15) is 13.2 Å². The van der Waals surface area contributed by atoms with Gasteiger partial charge in [-0.25, -0.2) is 14.8 Å². The minimum Gasteiger partial charge on any atom is -0.329 e. The molecule has 0 atom stereocenters. The van der Waals surface area contributed by atoms with E-state index in [1.54, 1.807) is 82.5 Å². The third-order valence-electron chi connectivity index (χ3n) is 4.69. The van der Waals surface area contributed by atoms with Gasteiger partial charge in [-0.05, 0) is 24.3 Å². The van der Waals surface area contributed by atoms with E-state index in [1.807, 2.05) is 0 Å². The second-order valence-electron chi connectivity index (χ2n) is 7.11. The van der Waals surface area contributed by atoms with Crippen molar-refractivity contribution >= 4 is 29.2 Å². The monoisotopic (exact) mass is 457 g/mol. The average molecular weight is 457 g/mol. The molecule has 0 aliphatic heterocycles. The Kier molecular flexibility index (Phi) is 5.73. The number of nitrogens with one attached hydrogen (secondary N) is 3. The first-order valence-electron chi connectivity index (χ1n) is 9.67. The summed E-state index contributed by atoms with van der Waals surface area (Å²) in [6.45, 7) is -1.43. The lowest BCUT2D eigenvalue weighted by atomic mass is 10.1.